The zero-order chi connectivity index (χ0) is 12.7. The Hall–Kier alpha value is -1.02. The second-order valence-electron chi connectivity index (χ2n) is 6.58. The van der Waals surface area contributed by atoms with Crippen LogP contribution in [0.3, 0.4) is 0 Å². The summed E-state index contributed by atoms with van der Waals surface area (Å²) in [7, 11) is 0. The van der Waals surface area contributed by atoms with E-state index in [9.17, 15) is 0 Å². The van der Waals surface area contributed by atoms with Gasteiger partial charge in [-0.2, -0.15) is 0 Å². The Bertz CT molecular complexity index is 464. The molecule has 0 radical (unpaired) electrons. The topological polar surface area (TPSA) is 21.3 Å². The van der Waals surface area contributed by atoms with Crippen molar-refractivity contribution in [2.24, 2.45) is 5.41 Å². The lowest BCUT2D eigenvalue weighted by Gasteiger charge is -2.53. The Balaban J connectivity index is 1.48. The normalized spacial score (nSPS) is 31.6. The second-order valence-corrected chi connectivity index (χ2v) is 6.58. The van der Waals surface area contributed by atoms with E-state index in [4.69, 9.17) is 4.74 Å². The minimum atomic E-state index is 0.417. The van der Waals surface area contributed by atoms with Gasteiger partial charge in [0.1, 0.15) is 12.4 Å². The van der Waals surface area contributed by atoms with Gasteiger partial charge in [0, 0.05) is 11.6 Å². The Kier molecular flexibility index (Phi) is 2.80. The average molecular weight is 257 g/mol. The summed E-state index contributed by atoms with van der Waals surface area (Å²) in [6, 6.07) is 9.64. The SMILES string of the molecule is c1ccc2c(c1)OCC2NC1CCC12CCCCC2. The first-order valence-electron chi connectivity index (χ1n) is 7.85. The largest absolute Gasteiger partial charge is 0.491 e. The molecule has 4 rings (SSSR count). The van der Waals surface area contributed by atoms with Crippen LogP contribution in [0.2, 0.25) is 0 Å². The molecule has 1 N–H and O–H groups in total. The number of rotatable bonds is 2. The third kappa shape index (κ3) is 1.88. The highest BCUT2D eigenvalue weighted by molar-refractivity contribution is 5.39. The molecule has 0 aromatic heterocycles. The maximum absolute atomic E-state index is 5.79. The van der Waals surface area contributed by atoms with E-state index in [1.165, 1.54) is 50.5 Å². The fraction of sp³-hybridized carbons (Fsp3) is 0.647. The zero-order valence-corrected chi connectivity index (χ0v) is 11.5. The first-order chi connectivity index (χ1) is 9.37. The Morgan fingerprint density at radius 1 is 1.05 bits per heavy atom. The van der Waals surface area contributed by atoms with Crippen LogP contribution in [-0.2, 0) is 0 Å². The summed E-state index contributed by atoms with van der Waals surface area (Å²) in [6.07, 6.45) is 10.0. The van der Waals surface area contributed by atoms with Gasteiger partial charge in [-0.1, -0.05) is 37.5 Å². The summed E-state index contributed by atoms with van der Waals surface area (Å²) >= 11 is 0. The molecule has 2 atom stereocenters. The van der Waals surface area contributed by atoms with Crippen molar-refractivity contribution in [1.29, 1.82) is 0 Å². The highest BCUT2D eigenvalue weighted by Gasteiger charge is 2.47. The first-order valence-corrected chi connectivity index (χ1v) is 7.85. The van der Waals surface area contributed by atoms with Gasteiger partial charge in [-0.25, -0.2) is 0 Å². The predicted octanol–water partition coefficient (Wildman–Crippen LogP) is 3.82. The van der Waals surface area contributed by atoms with Crippen molar-refractivity contribution in [2.45, 2.75) is 57.0 Å². The third-order valence-corrected chi connectivity index (χ3v) is 5.62. The molecule has 19 heavy (non-hydrogen) atoms. The molecule has 1 aromatic rings. The van der Waals surface area contributed by atoms with Crippen LogP contribution in [0.15, 0.2) is 24.3 Å². The molecular weight excluding hydrogens is 234 g/mol. The average Bonchev–Trinajstić information content (AvgIpc) is 2.88. The molecule has 1 heterocycles. The van der Waals surface area contributed by atoms with Crippen molar-refractivity contribution in [3.05, 3.63) is 29.8 Å². The lowest BCUT2D eigenvalue weighted by Crippen LogP contribution is -2.55. The Morgan fingerprint density at radius 2 is 1.89 bits per heavy atom. The summed E-state index contributed by atoms with van der Waals surface area (Å²) in [5.74, 6) is 1.08. The summed E-state index contributed by atoms with van der Waals surface area (Å²) in [5.41, 5.74) is 2.00. The summed E-state index contributed by atoms with van der Waals surface area (Å²) in [5, 5.41) is 3.91. The van der Waals surface area contributed by atoms with Crippen molar-refractivity contribution in [1.82, 2.24) is 5.32 Å². The van der Waals surface area contributed by atoms with E-state index >= 15 is 0 Å². The minimum absolute atomic E-state index is 0.417. The standard InChI is InChI=1S/C17H23NO/c1-4-9-17(10-5-1)11-8-16(17)18-14-12-19-15-7-3-2-6-13(14)15/h2-3,6-7,14,16,18H,1,4-5,8-12H2. The minimum Gasteiger partial charge on any atom is -0.491 e. The monoisotopic (exact) mass is 257 g/mol. The number of fused-ring (bicyclic) bond motifs is 1. The molecule has 1 aliphatic heterocycles. The van der Waals surface area contributed by atoms with Crippen molar-refractivity contribution in [3.63, 3.8) is 0 Å². The van der Waals surface area contributed by atoms with Crippen LogP contribution in [-0.4, -0.2) is 12.6 Å². The van der Waals surface area contributed by atoms with Crippen molar-refractivity contribution in [2.75, 3.05) is 6.61 Å². The van der Waals surface area contributed by atoms with Crippen LogP contribution in [0.5, 0.6) is 5.75 Å². The number of nitrogens with one attached hydrogen (secondary N) is 1. The fourth-order valence-corrected chi connectivity index (χ4v) is 4.35. The van der Waals surface area contributed by atoms with Crippen LogP contribution < -0.4 is 10.1 Å². The zero-order valence-electron chi connectivity index (χ0n) is 11.5. The lowest BCUT2D eigenvalue weighted by atomic mass is 9.57. The quantitative estimate of drug-likeness (QED) is 0.869. The molecule has 1 spiro atoms. The van der Waals surface area contributed by atoms with E-state index in [-0.39, 0.29) is 0 Å². The Morgan fingerprint density at radius 3 is 2.68 bits per heavy atom. The van der Waals surface area contributed by atoms with Crippen molar-refractivity contribution < 1.29 is 4.74 Å². The van der Waals surface area contributed by atoms with Gasteiger partial charge in [0.05, 0.1) is 6.04 Å². The molecule has 102 valence electrons. The molecule has 1 aromatic carbocycles. The molecule has 2 saturated carbocycles. The van der Waals surface area contributed by atoms with Gasteiger partial charge in [-0.05, 0) is 37.2 Å². The molecule has 2 unspecified atom stereocenters. The summed E-state index contributed by atoms with van der Waals surface area (Å²) in [4.78, 5) is 0. The van der Waals surface area contributed by atoms with Crippen LogP contribution in [0.25, 0.3) is 0 Å². The van der Waals surface area contributed by atoms with E-state index in [2.05, 4.69) is 29.6 Å². The summed E-state index contributed by atoms with van der Waals surface area (Å²) in [6.45, 7) is 0.811. The molecule has 3 aliphatic rings. The highest BCUT2D eigenvalue weighted by Crippen LogP contribution is 2.52. The van der Waals surface area contributed by atoms with Crippen LogP contribution in [0.1, 0.15) is 56.6 Å². The van der Waals surface area contributed by atoms with Crippen LogP contribution in [0, 0.1) is 5.41 Å². The lowest BCUT2D eigenvalue weighted by molar-refractivity contribution is 0.0148. The maximum Gasteiger partial charge on any atom is 0.124 e. The number of benzene rings is 1. The molecule has 2 heteroatoms. The van der Waals surface area contributed by atoms with Gasteiger partial charge in [0.25, 0.3) is 0 Å². The van der Waals surface area contributed by atoms with Crippen molar-refractivity contribution in [3.8, 4) is 5.75 Å². The maximum atomic E-state index is 5.79. The molecule has 2 aliphatic carbocycles. The van der Waals surface area contributed by atoms with Gasteiger partial charge < -0.3 is 10.1 Å². The predicted molar refractivity (Wildman–Crippen MR) is 76.4 cm³/mol. The molecule has 0 saturated heterocycles. The van der Waals surface area contributed by atoms with Gasteiger partial charge in [-0.15, -0.1) is 0 Å². The first kappa shape index (κ1) is 11.8. The third-order valence-electron chi connectivity index (χ3n) is 5.62. The number of para-hydroxylation sites is 1. The van der Waals surface area contributed by atoms with Crippen molar-refractivity contribution >= 4 is 0 Å². The Labute approximate surface area is 115 Å². The van der Waals surface area contributed by atoms with Gasteiger partial charge in [-0.3, -0.25) is 0 Å². The number of hydrogen-bond acceptors (Lipinski definition) is 2. The molecule has 2 nitrogen and oxygen atoms in total. The van der Waals surface area contributed by atoms with E-state index in [0.717, 1.165) is 18.4 Å². The smallest absolute Gasteiger partial charge is 0.124 e. The van der Waals surface area contributed by atoms with Gasteiger partial charge >= 0.3 is 0 Å². The number of hydrogen-bond donors (Lipinski definition) is 1. The van der Waals surface area contributed by atoms with E-state index in [0.29, 0.717) is 11.5 Å². The number of ether oxygens (including phenoxy) is 1. The molecule has 0 amide bonds. The fourth-order valence-electron chi connectivity index (χ4n) is 4.35. The van der Waals surface area contributed by atoms with E-state index in [1.807, 2.05) is 0 Å². The van der Waals surface area contributed by atoms with E-state index in [1.54, 1.807) is 0 Å². The van der Waals surface area contributed by atoms with Crippen LogP contribution in [0.4, 0.5) is 0 Å². The molecule has 0 bridgehead atoms. The van der Waals surface area contributed by atoms with Gasteiger partial charge in [0.2, 0.25) is 0 Å². The van der Waals surface area contributed by atoms with Crippen LogP contribution >= 0.6 is 0 Å². The van der Waals surface area contributed by atoms with E-state index < -0.39 is 0 Å². The molecule has 2 fully saturated rings. The second kappa shape index (κ2) is 4.52. The molecular formula is C17H23NO. The summed E-state index contributed by atoms with van der Waals surface area (Å²) < 4.78 is 5.79. The highest BCUT2D eigenvalue weighted by atomic mass is 16.5. The van der Waals surface area contributed by atoms with Gasteiger partial charge in [0.15, 0.2) is 0 Å².